The number of fused-ring (bicyclic) bond motifs is 3. The van der Waals surface area contributed by atoms with Crippen molar-refractivity contribution in [2.75, 3.05) is 0 Å². The molecule has 0 amide bonds. The number of hydrogen-bond donors (Lipinski definition) is 0. The van der Waals surface area contributed by atoms with E-state index in [0.717, 1.165) is 0 Å². The molecular formula is C24H23BO3. The summed E-state index contributed by atoms with van der Waals surface area (Å²) in [7, 11) is -0.642. The maximum Gasteiger partial charge on any atom is 0.494 e. The Bertz CT molecular complexity index is 1530. The van der Waals surface area contributed by atoms with Crippen LogP contribution in [0.1, 0.15) is 37.3 Å². The molecule has 0 spiro atoms. The summed E-state index contributed by atoms with van der Waals surface area (Å²) in [5, 5.41) is 0.0448. The van der Waals surface area contributed by atoms with E-state index in [-0.39, 0.29) is 57.7 Å². The summed E-state index contributed by atoms with van der Waals surface area (Å²) in [6, 6.07) is 4.77. The van der Waals surface area contributed by atoms with Crippen LogP contribution in [0, 0.1) is 0 Å². The van der Waals surface area contributed by atoms with Crippen LogP contribution in [0.25, 0.3) is 33.1 Å². The van der Waals surface area contributed by atoms with Crippen molar-refractivity contribution in [1.29, 1.82) is 0 Å². The largest absolute Gasteiger partial charge is 0.494 e. The van der Waals surface area contributed by atoms with Crippen LogP contribution >= 0.6 is 0 Å². The number of furan rings is 1. The van der Waals surface area contributed by atoms with Crippen molar-refractivity contribution in [3.63, 3.8) is 0 Å². The van der Waals surface area contributed by atoms with E-state index in [0.29, 0.717) is 11.0 Å². The molecule has 0 radical (unpaired) electrons. The number of rotatable bonds is 2. The van der Waals surface area contributed by atoms with Crippen LogP contribution in [0.15, 0.2) is 71.0 Å². The Balaban J connectivity index is 1.73. The molecule has 140 valence electrons. The van der Waals surface area contributed by atoms with Gasteiger partial charge in [0.1, 0.15) is 11.2 Å². The summed E-state index contributed by atoms with van der Waals surface area (Å²) in [5.74, 6) is 0. The Kier molecular flexibility index (Phi) is 2.44. The normalized spacial score (nSPS) is 21.7. The van der Waals surface area contributed by atoms with Gasteiger partial charge in [-0.1, -0.05) is 48.4 Å². The van der Waals surface area contributed by atoms with Gasteiger partial charge in [0.2, 0.25) is 0 Å². The predicted octanol–water partition coefficient (Wildman–Crippen LogP) is 5.55. The lowest BCUT2D eigenvalue weighted by Crippen LogP contribution is -2.41. The third-order valence-electron chi connectivity index (χ3n) is 5.59. The molecule has 1 fully saturated rings. The molecule has 0 bridgehead atoms. The summed E-state index contributed by atoms with van der Waals surface area (Å²) in [5.41, 5.74) is 0.116. The molecule has 1 aliphatic heterocycles. The highest BCUT2D eigenvalue weighted by Crippen LogP contribution is 2.37. The standard InChI is InChI=1S/C24H23BO3/c1-23(2)24(3,4)28-25(27-23)18-9-7-8-16(14-18)17-12-13-20-19-10-5-6-11-21(19)26-22(20)15-17/h5-15H,1-4H3/i5D,6D,10D,11D,12D,13D,15D. The molecule has 4 aromatic rings. The van der Waals surface area contributed by atoms with E-state index in [4.69, 9.17) is 23.3 Å². The van der Waals surface area contributed by atoms with E-state index in [1.54, 1.807) is 18.2 Å². The molecule has 0 aliphatic carbocycles. The van der Waals surface area contributed by atoms with Crippen molar-refractivity contribution in [3.05, 3.63) is 66.6 Å². The summed E-state index contributed by atoms with van der Waals surface area (Å²) in [4.78, 5) is 0. The first-order chi connectivity index (χ1) is 16.3. The van der Waals surface area contributed by atoms with Crippen molar-refractivity contribution >= 4 is 34.5 Å². The maximum atomic E-state index is 8.83. The zero-order valence-corrected chi connectivity index (χ0v) is 16.1. The molecule has 3 aromatic carbocycles. The minimum Gasteiger partial charge on any atom is -0.456 e. The lowest BCUT2D eigenvalue weighted by molar-refractivity contribution is 0.00578. The summed E-state index contributed by atoms with van der Waals surface area (Å²) in [6.07, 6.45) is 0. The van der Waals surface area contributed by atoms with E-state index >= 15 is 0 Å². The van der Waals surface area contributed by atoms with Crippen molar-refractivity contribution < 1.29 is 23.3 Å². The van der Waals surface area contributed by atoms with Crippen LogP contribution in [0.5, 0.6) is 0 Å². The van der Waals surface area contributed by atoms with E-state index in [2.05, 4.69) is 0 Å². The average Bonchev–Trinajstić information content (AvgIpc) is 3.30. The molecule has 0 N–H and O–H groups in total. The van der Waals surface area contributed by atoms with Crippen LogP contribution < -0.4 is 5.46 Å². The molecular weight excluding hydrogens is 347 g/mol. The predicted molar refractivity (Wildman–Crippen MR) is 115 cm³/mol. The highest BCUT2D eigenvalue weighted by molar-refractivity contribution is 6.62. The van der Waals surface area contributed by atoms with Crippen LogP contribution in [0.3, 0.4) is 0 Å². The van der Waals surface area contributed by atoms with Crippen molar-refractivity contribution in [2.24, 2.45) is 0 Å². The molecule has 2 heterocycles. The summed E-state index contributed by atoms with van der Waals surface area (Å²) in [6.45, 7) is 7.81. The van der Waals surface area contributed by atoms with Crippen LogP contribution in [0.4, 0.5) is 0 Å². The van der Waals surface area contributed by atoms with Crippen molar-refractivity contribution in [1.82, 2.24) is 0 Å². The van der Waals surface area contributed by atoms with Gasteiger partial charge >= 0.3 is 7.12 Å². The van der Waals surface area contributed by atoms with Gasteiger partial charge in [-0.3, -0.25) is 0 Å². The first-order valence-corrected chi connectivity index (χ1v) is 9.15. The molecule has 5 rings (SSSR count). The van der Waals surface area contributed by atoms with Crippen LogP contribution in [0.2, 0.25) is 0 Å². The second kappa shape index (κ2) is 5.97. The monoisotopic (exact) mass is 377 g/mol. The quantitative estimate of drug-likeness (QED) is 0.429. The third-order valence-corrected chi connectivity index (χ3v) is 5.59. The van der Waals surface area contributed by atoms with Crippen LogP contribution in [-0.4, -0.2) is 18.3 Å². The average molecular weight is 377 g/mol. The third kappa shape index (κ3) is 2.68. The van der Waals surface area contributed by atoms with Gasteiger partial charge in [0.15, 0.2) is 0 Å². The molecule has 0 unspecified atom stereocenters. The van der Waals surface area contributed by atoms with Gasteiger partial charge in [-0.2, -0.15) is 0 Å². The lowest BCUT2D eigenvalue weighted by Gasteiger charge is -2.32. The second-order valence-electron chi connectivity index (χ2n) is 7.97. The summed E-state index contributed by atoms with van der Waals surface area (Å²) < 4.78 is 76.6. The molecule has 1 aromatic heterocycles. The van der Waals surface area contributed by atoms with Gasteiger partial charge in [0, 0.05) is 10.8 Å². The zero-order chi connectivity index (χ0) is 25.6. The number of para-hydroxylation sites is 1. The van der Waals surface area contributed by atoms with E-state index in [9.17, 15) is 0 Å². The fourth-order valence-corrected chi connectivity index (χ4v) is 3.26. The minimum absolute atomic E-state index is 0.00974. The second-order valence-corrected chi connectivity index (χ2v) is 7.97. The highest BCUT2D eigenvalue weighted by Gasteiger charge is 2.51. The number of hydrogen-bond acceptors (Lipinski definition) is 3. The Labute approximate surface area is 175 Å². The first-order valence-electron chi connectivity index (χ1n) is 12.6. The Morgan fingerprint density at radius 2 is 1.54 bits per heavy atom. The molecule has 28 heavy (non-hydrogen) atoms. The Morgan fingerprint density at radius 1 is 0.821 bits per heavy atom. The SMILES string of the molecule is [2H]c1c([2H])c([2H])c2c(oc3c([2H])c(-c4cccc(B5OC(C)(C)C(C)(C)O5)c4)c([2H])c([2H])c32)c1[2H]. The van der Waals surface area contributed by atoms with Crippen molar-refractivity contribution in [2.45, 2.75) is 38.9 Å². The van der Waals surface area contributed by atoms with Gasteiger partial charge < -0.3 is 13.7 Å². The number of benzene rings is 3. The first kappa shape index (κ1) is 11.4. The van der Waals surface area contributed by atoms with Crippen molar-refractivity contribution in [3.8, 4) is 11.1 Å². The van der Waals surface area contributed by atoms with Gasteiger partial charge in [-0.15, -0.1) is 0 Å². The van der Waals surface area contributed by atoms with Gasteiger partial charge in [-0.25, -0.2) is 0 Å². The molecule has 1 aliphatic rings. The lowest BCUT2D eigenvalue weighted by atomic mass is 9.78. The zero-order valence-electron chi connectivity index (χ0n) is 23.1. The van der Waals surface area contributed by atoms with Crippen LogP contribution in [-0.2, 0) is 9.31 Å². The smallest absolute Gasteiger partial charge is 0.456 e. The molecule has 3 nitrogen and oxygen atoms in total. The molecule has 1 saturated heterocycles. The molecule has 0 atom stereocenters. The van der Waals surface area contributed by atoms with Gasteiger partial charge in [0.05, 0.1) is 20.8 Å². The fraction of sp³-hybridized carbons (Fsp3) is 0.250. The van der Waals surface area contributed by atoms with Gasteiger partial charge in [-0.05, 0) is 62.4 Å². The highest BCUT2D eigenvalue weighted by atomic mass is 16.7. The minimum atomic E-state index is -0.642. The summed E-state index contributed by atoms with van der Waals surface area (Å²) >= 11 is 0. The Morgan fingerprint density at radius 3 is 2.32 bits per heavy atom. The van der Waals surface area contributed by atoms with Gasteiger partial charge in [0.25, 0.3) is 0 Å². The molecule has 0 saturated carbocycles. The van der Waals surface area contributed by atoms with E-state index in [1.165, 1.54) is 0 Å². The molecule has 4 heteroatoms. The Hall–Kier alpha value is -2.56. The topological polar surface area (TPSA) is 31.6 Å². The van der Waals surface area contributed by atoms with E-state index < -0.39 is 30.4 Å². The maximum absolute atomic E-state index is 8.83. The van der Waals surface area contributed by atoms with E-state index in [1.807, 2.05) is 33.8 Å². The fourth-order valence-electron chi connectivity index (χ4n) is 3.26.